The van der Waals surface area contributed by atoms with Gasteiger partial charge in [-0.25, -0.2) is 9.78 Å². The van der Waals surface area contributed by atoms with Gasteiger partial charge in [-0.05, 0) is 42.3 Å². The van der Waals surface area contributed by atoms with Gasteiger partial charge in [-0.15, -0.1) is 0 Å². The molecule has 0 atom stereocenters. The van der Waals surface area contributed by atoms with Crippen LogP contribution in [0.4, 0.5) is 0 Å². The van der Waals surface area contributed by atoms with Gasteiger partial charge in [0.05, 0.1) is 12.6 Å². The first-order valence-electron chi connectivity index (χ1n) is 7.81. The highest BCUT2D eigenvalue weighted by Crippen LogP contribution is 2.24. The predicted molar refractivity (Wildman–Crippen MR) is 94.7 cm³/mol. The summed E-state index contributed by atoms with van der Waals surface area (Å²) >= 11 is 0. The first-order valence-corrected chi connectivity index (χ1v) is 7.81. The molecule has 0 saturated carbocycles. The Bertz CT molecular complexity index is 956. The maximum Gasteiger partial charge on any atom is 0.358 e. The molecule has 0 fully saturated rings. The lowest BCUT2D eigenvalue weighted by atomic mass is 10.0. The number of methoxy groups -OCH3 is 1. The predicted octanol–water partition coefficient (Wildman–Crippen LogP) is 2.80. The van der Waals surface area contributed by atoms with E-state index in [1.54, 1.807) is 31.1 Å². The number of ether oxygens (including phenoxy) is 1. The standard InChI is InChI=1S/C19H19N3O3/c1-12-20-17(19(24)25-4)16-11-15(9-10-22(12)16)13-5-7-14(8-6-13)18(23)21(2)3/h5-11H,1-4H3. The van der Waals surface area contributed by atoms with Gasteiger partial charge in [-0.3, -0.25) is 4.79 Å². The molecule has 0 N–H and O–H groups in total. The quantitative estimate of drug-likeness (QED) is 0.690. The number of nitrogens with zero attached hydrogens (tertiary/aromatic N) is 3. The number of benzene rings is 1. The Morgan fingerprint density at radius 2 is 1.76 bits per heavy atom. The molecule has 6 nitrogen and oxygen atoms in total. The largest absolute Gasteiger partial charge is 0.464 e. The van der Waals surface area contributed by atoms with Crippen LogP contribution in [0.2, 0.25) is 0 Å². The summed E-state index contributed by atoms with van der Waals surface area (Å²) in [5.41, 5.74) is 3.50. The minimum atomic E-state index is -0.463. The van der Waals surface area contributed by atoms with Crippen molar-refractivity contribution in [1.29, 1.82) is 0 Å². The Hall–Kier alpha value is -3.15. The summed E-state index contributed by atoms with van der Waals surface area (Å²) < 4.78 is 6.66. The van der Waals surface area contributed by atoms with Crippen LogP contribution in [-0.2, 0) is 4.74 Å². The van der Waals surface area contributed by atoms with Gasteiger partial charge in [0.2, 0.25) is 0 Å². The van der Waals surface area contributed by atoms with Crippen LogP contribution in [-0.4, -0.2) is 47.4 Å². The SMILES string of the molecule is COC(=O)c1nc(C)n2ccc(-c3ccc(C(=O)N(C)C)cc3)cc12. The van der Waals surface area contributed by atoms with E-state index in [1.807, 2.05) is 41.8 Å². The monoisotopic (exact) mass is 337 g/mol. The molecule has 3 rings (SSSR count). The van der Waals surface area contributed by atoms with Crippen molar-refractivity contribution in [1.82, 2.24) is 14.3 Å². The summed E-state index contributed by atoms with van der Waals surface area (Å²) in [6.07, 6.45) is 1.87. The van der Waals surface area contributed by atoms with Crippen molar-refractivity contribution in [2.45, 2.75) is 6.92 Å². The number of hydrogen-bond donors (Lipinski definition) is 0. The van der Waals surface area contributed by atoms with Gasteiger partial charge >= 0.3 is 5.97 Å². The molecule has 0 aliphatic rings. The van der Waals surface area contributed by atoms with Crippen LogP contribution in [0.15, 0.2) is 42.6 Å². The van der Waals surface area contributed by atoms with E-state index in [4.69, 9.17) is 4.74 Å². The normalized spacial score (nSPS) is 10.7. The second-order valence-corrected chi connectivity index (χ2v) is 5.95. The second-order valence-electron chi connectivity index (χ2n) is 5.95. The minimum absolute atomic E-state index is 0.0404. The Kier molecular flexibility index (Phi) is 4.27. The third-order valence-electron chi connectivity index (χ3n) is 4.07. The second kappa shape index (κ2) is 6.39. The fraction of sp³-hybridized carbons (Fsp3) is 0.211. The number of rotatable bonds is 3. The zero-order chi connectivity index (χ0) is 18.1. The molecule has 0 saturated heterocycles. The Morgan fingerprint density at radius 3 is 2.36 bits per heavy atom. The van der Waals surface area contributed by atoms with Gasteiger partial charge in [0.15, 0.2) is 5.69 Å². The summed E-state index contributed by atoms with van der Waals surface area (Å²) in [4.78, 5) is 29.7. The van der Waals surface area contributed by atoms with Crippen molar-refractivity contribution in [3.05, 3.63) is 59.7 Å². The summed E-state index contributed by atoms with van der Waals surface area (Å²) in [5, 5.41) is 0. The zero-order valence-corrected chi connectivity index (χ0v) is 14.6. The van der Waals surface area contributed by atoms with Crippen LogP contribution >= 0.6 is 0 Å². The van der Waals surface area contributed by atoms with Crippen molar-refractivity contribution in [2.75, 3.05) is 21.2 Å². The van der Waals surface area contributed by atoms with E-state index >= 15 is 0 Å². The molecule has 0 bridgehead atoms. The van der Waals surface area contributed by atoms with Gasteiger partial charge in [0.25, 0.3) is 5.91 Å². The van der Waals surface area contributed by atoms with Gasteiger partial charge < -0.3 is 14.0 Å². The van der Waals surface area contributed by atoms with Gasteiger partial charge in [0, 0.05) is 25.9 Å². The minimum Gasteiger partial charge on any atom is -0.464 e. The molecule has 0 unspecified atom stereocenters. The Morgan fingerprint density at radius 1 is 1.08 bits per heavy atom. The molecular weight excluding hydrogens is 318 g/mol. The number of amides is 1. The third kappa shape index (κ3) is 2.98. The van der Waals surface area contributed by atoms with Crippen LogP contribution in [0, 0.1) is 6.92 Å². The number of carbonyl (C=O) groups is 2. The number of fused-ring (bicyclic) bond motifs is 1. The highest BCUT2D eigenvalue weighted by molar-refractivity contribution is 5.96. The van der Waals surface area contributed by atoms with Crippen molar-refractivity contribution >= 4 is 17.4 Å². The van der Waals surface area contributed by atoms with Crippen molar-refractivity contribution in [3.63, 3.8) is 0 Å². The van der Waals surface area contributed by atoms with Crippen LogP contribution in [0.25, 0.3) is 16.6 Å². The molecule has 0 radical (unpaired) electrons. The zero-order valence-electron chi connectivity index (χ0n) is 14.6. The maximum atomic E-state index is 12.0. The average molecular weight is 337 g/mol. The van der Waals surface area contributed by atoms with E-state index in [2.05, 4.69) is 4.98 Å². The average Bonchev–Trinajstić information content (AvgIpc) is 2.96. The van der Waals surface area contributed by atoms with E-state index in [0.29, 0.717) is 22.6 Å². The molecule has 25 heavy (non-hydrogen) atoms. The molecule has 6 heteroatoms. The highest BCUT2D eigenvalue weighted by Gasteiger charge is 2.17. The summed E-state index contributed by atoms with van der Waals surface area (Å²) in [6.45, 7) is 1.83. The number of imidazole rings is 1. The molecule has 0 spiro atoms. The first kappa shape index (κ1) is 16.7. The molecule has 2 aromatic heterocycles. The fourth-order valence-electron chi connectivity index (χ4n) is 2.73. The lowest BCUT2D eigenvalue weighted by Crippen LogP contribution is -2.21. The van der Waals surface area contributed by atoms with Gasteiger partial charge in [0.1, 0.15) is 5.82 Å². The van der Waals surface area contributed by atoms with Crippen LogP contribution in [0.5, 0.6) is 0 Å². The van der Waals surface area contributed by atoms with E-state index in [0.717, 1.165) is 11.1 Å². The number of aromatic nitrogens is 2. The lowest BCUT2D eigenvalue weighted by molar-refractivity contribution is 0.0596. The van der Waals surface area contributed by atoms with E-state index < -0.39 is 5.97 Å². The summed E-state index contributed by atoms with van der Waals surface area (Å²) in [6, 6.07) is 11.2. The number of pyridine rings is 1. The molecule has 128 valence electrons. The Balaban J connectivity index is 2.04. The van der Waals surface area contributed by atoms with Crippen LogP contribution < -0.4 is 0 Å². The van der Waals surface area contributed by atoms with Crippen molar-refractivity contribution in [2.24, 2.45) is 0 Å². The van der Waals surface area contributed by atoms with E-state index in [1.165, 1.54) is 7.11 Å². The maximum absolute atomic E-state index is 12.0. The summed E-state index contributed by atoms with van der Waals surface area (Å²) in [5.74, 6) is 0.213. The Labute approximate surface area is 145 Å². The number of aryl methyl sites for hydroxylation is 1. The van der Waals surface area contributed by atoms with Gasteiger partial charge in [-0.1, -0.05) is 12.1 Å². The number of esters is 1. The molecule has 0 aliphatic carbocycles. The van der Waals surface area contributed by atoms with Crippen molar-refractivity contribution in [3.8, 4) is 11.1 Å². The molecule has 2 heterocycles. The lowest BCUT2D eigenvalue weighted by Gasteiger charge is -2.11. The summed E-state index contributed by atoms with van der Waals surface area (Å²) in [7, 11) is 4.79. The molecule has 1 aromatic carbocycles. The third-order valence-corrected chi connectivity index (χ3v) is 4.07. The van der Waals surface area contributed by atoms with Crippen molar-refractivity contribution < 1.29 is 14.3 Å². The molecule has 0 aliphatic heterocycles. The van der Waals surface area contributed by atoms with E-state index in [9.17, 15) is 9.59 Å². The number of hydrogen-bond acceptors (Lipinski definition) is 4. The van der Waals surface area contributed by atoms with Gasteiger partial charge in [-0.2, -0.15) is 0 Å². The first-order chi connectivity index (χ1) is 11.9. The fourth-order valence-corrected chi connectivity index (χ4v) is 2.73. The highest BCUT2D eigenvalue weighted by atomic mass is 16.5. The van der Waals surface area contributed by atoms with E-state index in [-0.39, 0.29) is 5.91 Å². The molecular formula is C19H19N3O3. The molecule has 3 aromatic rings. The smallest absolute Gasteiger partial charge is 0.358 e. The van der Waals surface area contributed by atoms with Crippen LogP contribution in [0.1, 0.15) is 26.7 Å². The molecule has 1 amide bonds. The number of carbonyl (C=O) groups excluding carboxylic acids is 2. The van der Waals surface area contributed by atoms with Crippen LogP contribution in [0.3, 0.4) is 0 Å². The topological polar surface area (TPSA) is 63.9 Å².